The molecule has 1 N–H and O–H groups in total. The summed E-state index contributed by atoms with van der Waals surface area (Å²) >= 11 is 0. The molecule has 2 aromatic carbocycles. The highest BCUT2D eigenvalue weighted by Crippen LogP contribution is 2.24. The molecule has 1 atom stereocenters. The van der Waals surface area contributed by atoms with Crippen molar-refractivity contribution in [3.63, 3.8) is 0 Å². The van der Waals surface area contributed by atoms with Gasteiger partial charge in [0.15, 0.2) is 23.4 Å². The van der Waals surface area contributed by atoms with Gasteiger partial charge in [0.25, 0.3) is 5.91 Å². The second kappa shape index (κ2) is 6.91. The van der Waals surface area contributed by atoms with Gasteiger partial charge < -0.3 is 10.1 Å². The molecule has 1 amide bonds. The molecule has 0 radical (unpaired) electrons. The van der Waals surface area contributed by atoms with Crippen LogP contribution < -0.4 is 10.1 Å². The minimum absolute atomic E-state index is 0.00158. The number of rotatable bonds is 5. The van der Waals surface area contributed by atoms with Crippen LogP contribution in [-0.2, 0) is 4.79 Å². The van der Waals surface area contributed by atoms with Crippen molar-refractivity contribution < 1.29 is 18.6 Å². The van der Waals surface area contributed by atoms with Crippen LogP contribution in [0.15, 0.2) is 59.2 Å². The van der Waals surface area contributed by atoms with E-state index in [0.717, 1.165) is 5.56 Å². The van der Waals surface area contributed by atoms with E-state index in [1.54, 1.807) is 12.1 Å². The fourth-order valence-corrected chi connectivity index (χ4v) is 2.06. The number of benzene rings is 2. The molecule has 0 fully saturated rings. The summed E-state index contributed by atoms with van der Waals surface area (Å²) in [5, 5.41) is 10.1. The quantitative estimate of drug-likeness (QED) is 0.778. The summed E-state index contributed by atoms with van der Waals surface area (Å²) in [6.07, 6.45) is -0.928. The summed E-state index contributed by atoms with van der Waals surface area (Å²) in [5.74, 6) is -0.853. The molecule has 0 bridgehead atoms. The third-order valence-corrected chi connectivity index (χ3v) is 3.29. The third kappa shape index (κ3) is 3.40. The molecule has 7 heteroatoms. The first-order valence-electron chi connectivity index (χ1n) is 7.25. The van der Waals surface area contributed by atoms with Crippen LogP contribution in [-0.4, -0.2) is 22.3 Å². The molecule has 0 saturated carbocycles. The number of carbonyl (C=O) groups is 1. The molecule has 3 rings (SSSR count). The zero-order valence-electron chi connectivity index (χ0n) is 12.8. The molecule has 0 aliphatic carbocycles. The average Bonchev–Trinajstić information content (AvgIpc) is 3.05. The van der Waals surface area contributed by atoms with Gasteiger partial charge in [-0.3, -0.25) is 4.79 Å². The van der Waals surface area contributed by atoms with Crippen LogP contribution in [0.2, 0.25) is 0 Å². The highest BCUT2D eigenvalue weighted by atomic mass is 19.1. The van der Waals surface area contributed by atoms with Crippen molar-refractivity contribution in [2.45, 2.75) is 13.0 Å². The number of aromatic nitrogens is 2. The average molecular weight is 327 g/mol. The summed E-state index contributed by atoms with van der Waals surface area (Å²) in [6, 6.07) is 15.0. The molecule has 1 heterocycles. The van der Waals surface area contributed by atoms with Gasteiger partial charge >= 0.3 is 0 Å². The molecule has 0 spiro atoms. The lowest BCUT2D eigenvalue weighted by atomic mass is 10.1. The molecular weight excluding hydrogens is 313 g/mol. The zero-order chi connectivity index (χ0) is 16.9. The van der Waals surface area contributed by atoms with Crippen molar-refractivity contribution in [1.29, 1.82) is 0 Å². The Kier molecular flexibility index (Phi) is 4.51. The maximum absolute atomic E-state index is 13.6. The van der Waals surface area contributed by atoms with Gasteiger partial charge in [-0.15, -0.1) is 0 Å². The number of hydrogen-bond acceptors (Lipinski definition) is 5. The number of anilines is 1. The molecule has 122 valence electrons. The normalized spacial score (nSPS) is 11.8. The van der Waals surface area contributed by atoms with Crippen LogP contribution in [0.4, 0.5) is 10.2 Å². The lowest BCUT2D eigenvalue weighted by Crippen LogP contribution is -2.30. The van der Waals surface area contributed by atoms with E-state index in [4.69, 9.17) is 9.37 Å². The number of nitrogens with zero attached hydrogens (tertiary/aromatic N) is 2. The van der Waals surface area contributed by atoms with E-state index in [1.807, 2.05) is 30.3 Å². The van der Waals surface area contributed by atoms with E-state index in [0.29, 0.717) is 5.69 Å². The van der Waals surface area contributed by atoms with Crippen LogP contribution in [0.3, 0.4) is 0 Å². The van der Waals surface area contributed by atoms with Crippen molar-refractivity contribution in [3.05, 3.63) is 60.4 Å². The number of para-hydroxylation sites is 1. The van der Waals surface area contributed by atoms with Crippen LogP contribution >= 0.6 is 0 Å². The molecular formula is C17H14FN3O3. The highest BCUT2D eigenvalue weighted by Gasteiger charge is 2.21. The Hall–Kier alpha value is -3.22. The van der Waals surface area contributed by atoms with Gasteiger partial charge in [-0.2, -0.15) is 0 Å². The van der Waals surface area contributed by atoms with E-state index in [2.05, 4.69) is 15.6 Å². The maximum atomic E-state index is 13.6. The number of ether oxygens (including phenoxy) is 1. The van der Waals surface area contributed by atoms with Crippen LogP contribution in [0, 0.1) is 5.82 Å². The van der Waals surface area contributed by atoms with E-state index in [-0.39, 0.29) is 11.6 Å². The lowest BCUT2D eigenvalue weighted by Gasteiger charge is -2.14. The van der Waals surface area contributed by atoms with Crippen molar-refractivity contribution in [3.8, 4) is 17.0 Å². The Balaban J connectivity index is 1.72. The Morgan fingerprint density at radius 1 is 1.12 bits per heavy atom. The second-order valence-corrected chi connectivity index (χ2v) is 5.01. The number of hydrogen-bond donors (Lipinski definition) is 1. The van der Waals surface area contributed by atoms with Gasteiger partial charge in [0.2, 0.25) is 5.82 Å². The Bertz CT molecular complexity index is 836. The van der Waals surface area contributed by atoms with Crippen LogP contribution in [0.1, 0.15) is 6.92 Å². The number of nitrogens with one attached hydrogen (secondary N) is 1. The van der Waals surface area contributed by atoms with Gasteiger partial charge in [-0.05, 0) is 29.4 Å². The smallest absolute Gasteiger partial charge is 0.266 e. The van der Waals surface area contributed by atoms with E-state index < -0.39 is 17.8 Å². The third-order valence-electron chi connectivity index (χ3n) is 3.29. The fraction of sp³-hybridized carbons (Fsp3) is 0.118. The molecule has 3 aromatic rings. The molecule has 0 unspecified atom stereocenters. The van der Waals surface area contributed by atoms with Crippen molar-refractivity contribution in [1.82, 2.24) is 10.3 Å². The first-order valence-corrected chi connectivity index (χ1v) is 7.25. The summed E-state index contributed by atoms with van der Waals surface area (Å²) in [5.41, 5.74) is 1.15. The van der Waals surface area contributed by atoms with Gasteiger partial charge in [0.05, 0.1) is 0 Å². The van der Waals surface area contributed by atoms with Gasteiger partial charge in [0, 0.05) is 5.56 Å². The van der Waals surface area contributed by atoms with E-state index in [9.17, 15) is 9.18 Å². The minimum Gasteiger partial charge on any atom is -0.478 e. The molecule has 6 nitrogen and oxygen atoms in total. The van der Waals surface area contributed by atoms with Gasteiger partial charge in [-0.25, -0.2) is 9.02 Å². The predicted molar refractivity (Wildman–Crippen MR) is 84.9 cm³/mol. The van der Waals surface area contributed by atoms with Gasteiger partial charge in [-0.1, -0.05) is 42.5 Å². The van der Waals surface area contributed by atoms with Crippen LogP contribution in [0.25, 0.3) is 11.3 Å². The Morgan fingerprint density at radius 3 is 2.58 bits per heavy atom. The monoisotopic (exact) mass is 327 g/mol. The first kappa shape index (κ1) is 15.7. The van der Waals surface area contributed by atoms with E-state index in [1.165, 1.54) is 19.1 Å². The van der Waals surface area contributed by atoms with Crippen LogP contribution in [0.5, 0.6) is 5.75 Å². The summed E-state index contributed by atoms with van der Waals surface area (Å²) in [7, 11) is 0. The topological polar surface area (TPSA) is 77.2 Å². The van der Waals surface area contributed by atoms with Crippen molar-refractivity contribution >= 4 is 11.7 Å². The Morgan fingerprint density at radius 2 is 1.83 bits per heavy atom. The molecule has 1 aromatic heterocycles. The number of halogens is 1. The highest BCUT2D eigenvalue weighted by molar-refractivity contribution is 5.95. The maximum Gasteiger partial charge on any atom is 0.266 e. The van der Waals surface area contributed by atoms with Crippen molar-refractivity contribution in [2.75, 3.05) is 5.32 Å². The number of amides is 1. The fourth-order valence-electron chi connectivity index (χ4n) is 2.06. The predicted octanol–water partition coefficient (Wildman–Crippen LogP) is 3.28. The molecule has 0 saturated heterocycles. The second-order valence-electron chi connectivity index (χ2n) is 5.01. The minimum atomic E-state index is -0.928. The Labute approximate surface area is 137 Å². The first-order chi connectivity index (χ1) is 11.6. The zero-order valence-corrected chi connectivity index (χ0v) is 12.8. The molecule has 0 aliphatic rings. The van der Waals surface area contributed by atoms with Crippen molar-refractivity contribution in [2.24, 2.45) is 0 Å². The van der Waals surface area contributed by atoms with Gasteiger partial charge in [0.1, 0.15) is 0 Å². The number of carbonyl (C=O) groups excluding carboxylic acids is 1. The SMILES string of the molecule is C[C@H](Oc1ccccc1F)C(=O)Nc1nonc1-c1ccccc1. The molecule has 0 aliphatic heterocycles. The standard InChI is InChI=1S/C17H14FN3O3/c1-11(23-14-10-6-5-9-13(14)18)17(22)19-16-15(20-24-21-16)12-7-3-2-4-8-12/h2-11H,1H3,(H,19,21,22)/t11-/m0/s1. The lowest BCUT2D eigenvalue weighted by molar-refractivity contribution is -0.122. The largest absolute Gasteiger partial charge is 0.478 e. The summed E-state index contributed by atoms with van der Waals surface area (Å²) < 4.78 is 23.6. The summed E-state index contributed by atoms with van der Waals surface area (Å²) in [4.78, 5) is 12.2. The summed E-state index contributed by atoms with van der Waals surface area (Å²) in [6.45, 7) is 1.51. The van der Waals surface area contributed by atoms with E-state index >= 15 is 0 Å². The molecule has 24 heavy (non-hydrogen) atoms.